The van der Waals surface area contributed by atoms with Crippen molar-refractivity contribution in [3.8, 4) is 0 Å². The summed E-state index contributed by atoms with van der Waals surface area (Å²) in [6.45, 7) is 3.24. The maximum absolute atomic E-state index is 12.8. The van der Waals surface area contributed by atoms with Gasteiger partial charge in [0, 0.05) is 24.7 Å². The molecule has 0 saturated heterocycles. The Morgan fingerprint density at radius 2 is 1.73 bits per heavy atom. The lowest BCUT2D eigenvalue weighted by Crippen LogP contribution is -2.42. The second kappa shape index (κ2) is 6.27. The topological polar surface area (TPSA) is 37.4 Å². The van der Waals surface area contributed by atoms with Crippen LogP contribution in [0.4, 0.5) is 18.9 Å². The Hall–Kier alpha value is -2.63. The summed E-state index contributed by atoms with van der Waals surface area (Å²) in [7, 11) is 0. The van der Waals surface area contributed by atoms with Crippen molar-refractivity contribution >= 4 is 17.4 Å². The van der Waals surface area contributed by atoms with Crippen LogP contribution in [0.25, 0.3) is 0 Å². The molecule has 0 radical (unpaired) electrons. The van der Waals surface area contributed by atoms with Gasteiger partial charge >= 0.3 is 6.18 Å². The van der Waals surface area contributed by atoms with E-state index in [4.69, 9.17) is 0 Å². The molecule has 1 amide bonds. The van der Waals surface area contributed by atoms with E-state index in [2.05, 4.69) is 0 Å². The average Bonchev–Trinajstić information content (AvgIpc) is 2.83. The number of amides is 1. The van der Waals surface area contributed by atoms with Gasteiger partial charge in [-0.2, -0.15) is 13.2 Å². The van der Waals surface area contributed by atoms with Crippen LogP contribution in [0, 0.1) is 5.41 Å². The van der Waals surface area contributed by atoms with Crippen molar-refractivity contribution in [3.63, 3.8) is 0 Å². The molecule has 3 rings (SSSR count). The zero-order chi connectivity index (χ0) is 19.1. The summed E-state index contributed by atoms with van der Waals surface area (Å²) in [6.07, 6.45) is -3.94. The van der Waals surface area contributed by atoms with E-state index >= 15 is 0 Å². The number of fused-ring (bicyclic) bond motifs is 1. The van der Waals surface area contributed by atoms with E-state index in [0.717, 1.165) is 17.7 Å². The van der Waals surface area contributed by atoms with Crippen molar-refractivity contribution in [1.82, 2.24) is 0 Å². The van der Waals surface area contributed by atoms with Gasteiger partial charge in [0.05, 0.1) is 11.0 Å². The first-order valence-electron chi connectivity index (χ1n) is 8.20. The number of benzene rings is 2. The Bertz CT molecular complexity index is 858. The first-order chi connectivity index (χ1) is 12.1. The minimum Gasteiger partial charge on any atom is -0.312 e. The SMILES string of the molecule is CC(=O)N(CC1(C)Cc2ccccc2C1=O)c1ccc(C(F)(F)F)cc1. The summed E-state index contributed by atoms with van der Waals surface area (Å²) in [5, 5.41) is 0. The van der Waals surface area contributed by atoms with Gasteiger partial charge in [-0.05, 0) is 36.2 Å². The lowest BCUT2D eigenvalue weighted by Gasteiger charge is -2.31. The summed E-state index contributed by atoms with van der Waals surface area (Å²) in [4.78, 5) is 26.3. The van der Waals surface area contributed by atoms with Crippen molar-refractivity contribution in [2.75, 3.05) is 11.4 Å². The molecule has 1 unspecified atom stereocenters. The number of hydrogen-bond acceptors (Lipinski definition) is 2. The Balaban J connectivity index is 1.89. The van der Waals surface area contributed by atoms with Crippen molar-refractivity contribution in [3.05, 3.63) is 65.2 Å². The quantitative estimate of drug-likeness (QED) is 0.807. The van der Waals surface area contributed by atoms with Crippen LogP contribution in [0.1, 0.15) is 35.3 Å². The first kappa shape index (κ1) is 18.2. The minimum atomic E-state index is -4.44. The predicted molar refractivity (Wildman–Crippen MR) is 92.1 cm³/mol. The second-order valence-electron chi connectivity index (χ2n) is 6.87. The molecule has 1 atom stereocenters. The van der Waals surface area contributed by atoms with Crippen LogP contribution in [-0.2, 0) is 17.4 Å². The Labute approximate surface area is 149 Å². The van der Waals surface area contributed by atoms with Crippen LogP contribution in [0.2, 0.25) is 0 Å². The number of rotatable bonds is 3. The van der Waals surface area contributed by atoms with Crippen molar-refractivity contribution in [2.45, 2.75) is 26.4 Å². The molecule has 26 heavy (non-hydrogen) atoms. The Kier molecular flexibility index (Phi) is 4.38. The Morgan fingerprint density at radius 3 is 2.27 bits per heavy atom. The Morgan fingerprint density at radius 1 is 1.12 bits per heavy atom. The zero-order valence-corrected chi connectivity index (χ0v) is 14.4. The maximum Gasteiger partial charge on any atom is 0.416 e. The van der Waals surface area contributed by atoms with Crippen LogP contribution in [0.5, 0.6) is 0 Å². The van der Waals surface area contributed by atoms with Gasteiger partial charge in [0.25, 0.3) is 0 Å². The van der Waals surface area contributed by atoms with E-state index in [1.165, 1.54) is 24.0 Å². The minimum absolute atomic E-state index is 0.0498. The molecule has 2 aromatic rings. The summed E-state index contributed by atoms with van der Waals surface area (Å²) in [5.41, 5.74) is 0.329. The molecule has 1 aliphatic carbocycles. The van der Waals surface area contributed by atoms with Crippen LogP contribution in [0.3, 0.4) is 0 Å². The molecule has 0 aliphatic heterocycles. The third kappa shape index (κ3) is 3.23. The molecule has 0 bridgehead atoms. The molecule has 0 N–H and O–H groups in total. The summed E-state index contributed by atoms with van der Waals surface area (Å²) in [5.74, 6) is -0.374. The van der Waals surface area contributed by atoms with Gasteiger partial charge in [-0.15, -0.1) is 0 Å². The number of carbonyl (C=O) groups excluding carboxylic acids is 2. The van der Waals surface area contributed by atoms with Crippen LogP contribution >= 0.6 is 0 Å². The zero-order valence-electron chi connectivity index (χ0n) is 14.4. The molecule has 0 fully saturated rings. The highest BCUT2D eigenvalue weighted by molar-refractivity contribution is 6.06. The lowest BCUT2D eigenvalue weighted by molar-refractivity contribution is -0.137. The number of Topliss-reactive ketones (excluding diaryl/α,β-unsaturated/α-hetero) is 1. The molecule has 3 nitrogen and oxygen atoms in total. The molecule has 136 valence electrons. The molecular formula is C20H18F3NO2. The number of ketones is 1. The number of carbonyl (C=O) groups is 2. The molecular weight excluding hydrogens is 343 g/mol. The molecule has 1 aliphatic rings. The molecule has 2 aromatic carbocycles. The van der Waals surface area contributed by atoms with Gasteiger partial charge in [0.2, 0.25) is 5.91 Å². The molecule has 0 spiro atoms. The fourth-order valence-corrected chi connectivity index (χ4v) is 3.41. The third-order valence-corrected chi connectivity index (χ3v) is 4.78. The van der Waals surface area contributed by atoms with Gasteiger partial charge in [-0.1, -0.05) is 31.2 Å². The smallest absolute Gasteiger partial charge is 0.312 e. The fraction of sp³-hybridized carbons (Fsp3) is 0.300. The number of nitrogens with zero attached hydrogens (tertiary/aromatic N) is 1. The molecule has 0 saturated carbocycles. The molecule has 0 aromatic heterocycles. The lowest BCUT2D eigenvalue weighted by atomic mass is 9.85. The normalized spacial score (nSPS) is 19.3. The summed E-state index contributed by atoms with van der Waals surface area (Å²) >= 11 is 0. The van der Waals surface area contributed by atoms with Crippen molar-refractivity contribution < 1.29 is 22.8 Å². The highest BCUT2D eigenvalue weighted by Crippen LogP contribution is 2.38. The monoisotopic (exact) mass is 361 g/mol. The van der Waals surface area contributed by atoms with E-state index in [1.807, 2.05) is 12.1 Å². The van der Waals surface area contributed by atoms with Crippen LogP contribution < -0.4 is 4.90 Å². The predicted octanol–water partition coefficient (Wildman–Crippen LogP) is 4.50. The van der Waals surface area contributed by atoms with Crippen molar-refractivity contribution in [1.29, 1.82) is 0 Å². The average molecular weight is 361 g/mol. The van der Waals surface area contributed by atoms with E-state index in [9.17, 15) is 22.8 Å². The van der Waals surface area contributed by atoms with Gasteiger partial charge in [-0.3, -0.25) is 9.59 Å². The summed E-state index contributed by atoms with van der Waals surface area (Å²) in [6, 6.07) is 11.7. The maximum atomic E-state index is 12.8. The highest BCUT2D eigenvalue weighted by Gasteiger charge is 2.43. The number of halogens is 3. The number of hydrogen-bond donors (Lipinski definition) is 0. The van der Waals surface area contributed by atoms with Gasteiger partial charge in [0.15, 0.2) is 5.78 Å². The first-order valence-corrected chi connectivity index (χ1v) is 8.20. The van der Waals surface area contributed by atoms with Crippen LogP contribution in [0.15, 0.2) is 48.5 Å². The highest BCUT2D eigenvalue weighted by atomic mass is 19.4. The second-order valence-corrected chi connectivity index (χ2v) is 6.87. The van der Waals surface area contributed by atoms with Gasteiger partial charge in [0.1, 0.15) is 0 Å². The molecule has 6 heteroatoms. The summed E-state index contributed by atoms with van der Waals surface area (Å²) < 4.78 is 38.2. The van der Waals surface area contributed by atoms with Gasteiger partial charge < -0.3 is 4.90 Å². The number of anilines is 1. The standard InChI is InChI=1S/C20H18F3NO2/c1-13(25)24(16-9-7-15(8-10-16)20(21,22)23)12-19(2)11-14-5-3-4-6-17(14)18(19)26/h3-10H,11-12H2,1-2H3. The van der Waals surface area contributed by atoms with E-state index < -0.39 is 17.2 Å². The van der Waals surface area contributed by atoms with Gasteiger partial charge in [-0.25, -0.2) is 0 Å². The fourth-order valence-electron chi connectivity index (χ4n) is 3.41. The van der Waals surface area contributed by atoms with Crippen molar-refractivity contribution in [2.24, 2.45) is 5.41 Å². The largest absolute Gasteiger partial charge is 0.416 e. The number of alkyl halides is 3. The van der Waals surface area contributed by atoms with E-state index in [1.54, 1.807) is 19.1 Å². The van der Waals surface area contributed by atoms with E-state index in [0.29, 0.717) is 17.7 Å². The molecule has 0 heterocycles. The van der Waals surface area contributed by atoms with E-state index in [-0.39, 0.29) is 18.2 Å². The van der Waals surface area contributed by atoms with Crippen LogP contribution in [-0.4, -0.2) is 18.2 Å². The third-order valence-electron chi connectivity index (χ3n) is 4.78.